The van der Waals surface area contributed by atoms with Crippen molar-refractivity contribution < 1.29 is 22.7 Å². The minimum absolute atomic E-state index is 0.161. The molecule has 7 nitrogen and oxygen atoms in total. The van der Waals surface area contributed by atoms with Gasteiger partial charge >= 0.3 is 0 Å². The van der Waals surface area contributed by atoms with E-state index in [-0.39, 0.29) is 11.5 Å². The molecule has 1 heterocycles. The number of nitrogens with one attached hydrogen (secondary N) is 1. The van der Waals surface area contributed by atoms with Crippen molar-refractivity contribution in [1.29, 1.82) is 0 Å². The van der Waals surface area contributed by atoms with Crippen LogP contribution >= 0.6 is 0 Å². The number of rotatable bonds is 7. The first-order chi connectivity index (χ1) is 13.8. The summed E-state index contributed by atoms with van der Waals surface area (Å²) in [7, 11) is -3.55. The number of nitrogens with zero attached hydrogens (tertiary/aromatic N) is 1. The number of benzene rings is 2. The molecule has 154 valence electrons. The Bertz CT molecular complexity index is 1000. The number of aryl methyl sites for hydroxylation is 2. The Kier molecular flexibility index (Phi) is 6.34. The molecule has 0 unspecified atom stereocenters. The van der Waals surface area contributed by atoms with Crippen molar-refractivity contribution in [2.24, 2.45) is 0 Å². The second-order valence-corrected chi connectivity index (χ2v) is 9.02. The fraction of sp³-hybridized carbons (Fsp3) is 0.333. The van der Waals surface area contributed by atoms with Gasteiger partial charge in [-0.3, -0.25) is 9.59 Å². The van der Waals surface area contributed by atoms with Gasteiger partial charge in [0.25, 0.3) is 5.91 Å². The van der Waals surface area contributed by atoms with E-state index in [9.17, 15) is 18.0 Å². The Balaban J connectivity index is 1.67. The largest absolute Gasteiger partial charge is 0.483 e. The van der Waals surface area contributed by atoms with Crippen LogP contribution in [0.3, 0.4) is 0 Å². The lowest BCUT2D eigenvalue weighted by Crippen LogP contribution is -2.28. The highest BCUT2D eigenvalue weighted by molar-refractivity contribution is 7.89. The molecule has 1 saturated heterocycles. The van der Waals surface area contributed by atoms with Gasteiger partial charge in [0.05, 0.1) is 4.90 Å². The first kappa shape index (κ1) is 21.0. The van der Waals surface area contributed by atoms with Gasteiger partial charge in [-0.1, -0.05) is 6.07 Å². The maximum Gasteiger partial charge on any atom is 0.262 e. The van der Waals surface area contributed by atoms with Gasteiger partial charge in [-0.15, -0.1) is 0 Å². The van der Waals surface area contributed by atoms with E-state index in [1.807, 2.05) is 0 Å². The van der Waals surface area contributed by atoms with Crippen molar-refractivity contribution in [3.63, 3.8) is 0 Å². The molecule has 2 aromatic rings. The van der Waals surface area contributed by atoms with Gasteiger partial charge in [0.15, 0.2) is 6.61 Å². The number of hydrogen-bond donors (Lipinski definition) is 1. The molecule has 1 fully saturated rings. The third-order valence-corrected chi connectivity index (χ3v) is 6.68. The van der Waals surface area contributed by atoms with E-state index in [4.69, 9.17) is 4.74 Å². The topological polar surface area (TPSA) is 92.8 Å². The third-order valence-electron chi connectivity index (χ3n) is 4.79. The summed E-state index contributed by atoms with van der Waals surface area (Å²) in [6.07, 6.45) is 2.49. The standard InChI is InChI=1S/C21H24N2O5S/c1-15-10-17(13-24)11-16(2)21(15)28-14-20(25)22-18-6-5-7-19(12-18)29(26,27)23-8-3-4-9-23/h5-7,10-13H,3-4,8-9,14H2,1-2H3,(H,22,25). The molecule has 29 heavy (non-hydrogen) atoms. The molecule has 1 N–H and O–H groups in total. The number of anilines is 1. The van der Waals surface area contributed by atoms with Crippen LogP contribution in [0.5, 0.6) is 5.75 Å². The van der Waals surface area contributed by atoms with Crippen LogP contribution in [0.1, 0.15) is 34.3 Å². The molecule has 8 heteroatoms. The van der Waals surface area contributed by atoms with Crippen molar-refractivity contribution in [2.45, 2.75) is 31.6 Å². The summed E-state index contributed by atoms with van der Waals surface area (Å²) in [5.74, 6) is 0.148. The summed E-state index contributed by atoms with van der Waals surface area (Å²) in [5, 5.41) is 2.67. The zero-order chi connectivity index (χ0) is 21.0. The number of carbonyl (C=O) groups excluding carboxylic acids is 2. The summed E-state index contributed by atoms with van der Waals surface area (Å²) >= 11 is 0. The Morgan fingerprint density at radius 3 is 2.41 bits per heavy atom. The van der Waals surface area contributed by atoms with Crippen molar-refractivity contribution in [1.82, 2.24) is 4.31 Å². The van der Waals surface area contributed by atoms with Gasteiger partial charge in [0.1, 0.15) is 12.0 Å². The number of sulfonamides is 1. The van der Waals surface area contributed by atoms with Crippen LogP contribution in [0.15, 0.2) is 41.3 Å². The molecule has 2 aromatic carbocycles. The monoisotopic (exact) mass is 416 g/mol. The van der Waals surface area contributed by atoms with Crippen LogP contribution in [0.25, 0.3) is 0 Å². The van der Waals surface area contributed by atoms with Crippen LogP contribution < -0.4 is 10.1 Å². The summed E-state index contributed by atoms with van der Waals surface area (Å²) in [5.41, 5.74) is 2.47. The normalized spacial score (nSPS) is 14.6. The molecule has 0 saturated carbocycles. The van der Waals surface area contributed by atoms with E-state index in [0.29, 0.717) is 30.1 Å². The summed E-state index contributed by atoms with van der Waals surface area (Å²) < 4.78 is 32.4. The van der Waals surface area contributed by atoms with Crippen molar-refractivity contribution in [3.8, 4) is 5.75 Å². The van der Waals surface area contributed by atoms with Crippen LogP contribution in [0.2, 0.25) is 0 Å². The highest BCUT2D eigenvalue weighted by atomic mass is 32.2. The van der Waals surface area contributed by atoms with Gasteiger partial charge in [-0.05, 0) is 68.1 Å². The van der Waals surface area contributed by atoms with Gasteiger partial charge < -0.3 is 10.1 Å². The van der Waals surface area contributed by atoms with Crippen molar-refractivity contribution >= 4 is 27.9 Å². The Labute approximate surface area is 170 Å². The third kappa shape index (κ3) is 4.83. The lowest BCUT2D eigenvalue weighted by molar-refractivity contribution is -0.118. The summed E-state index contributed by atoms with van der Waals surface area (Å²) in [6, 6.07) is 9.62. The number of ether oxygens (including phenoxy) is 1. The Hall–Kier alpha value is -2.71. The van der Waals surface area contributed by atoms with Gasteiger partial charge in [0.2, 0.25) is 10.0 Å². The van der Waals surface area contributed by atoms with Crippen molar-refractivity contribution in [3.05, 3.63) is 53.1 Å². The second kappa shape index (κ2) is 8.75. The molecule has 3 rings (SSSR count). The molecular weight excluding hydrogens is 392 g/mol. The van der Waals surface area contributed by atoms with Gasteiger partial charge in [0, 0.05) is 24.3 Å². The molecule has 1 aliphatic heterocycles. The number of amides is 1. The molecule has 0 aliphatic carbocycles. The molecule has 0 spiro atoms. The van der Waals surface area contributed by atoms with Crippen molar-refractivity contribution in [2.75, 3.05) is 25.0 Å². The van der Waals surface area contributed by atoms with Crippen LogP contribution in [0, 0.1) is 13.8 Å². The quantitative estimate of drug-likeness (QED) is 0.701. The van der Waals surface area contributed by atoms with Crippen LogP contribution in [0.4, 0.5) is 5.69 Å². The molecule has 0 atom stereocenters. The molecular formula is C21H24N2O5S. The fourth-order valence-electron chi connectivity index (χ4n) is 3.43. The lowest BCUT2D eigenvalue weighted by atomic mass is 10.1. The van der Waals surface area contributed by atoms with E-state index >= 15 is 0 Å². The van der Waals surface area contributed by atoms with E-state index in [2.05, 4.69) is 5.32 Å². The SMILES string of the molecule is Cc1cc(C=O)cc(C)c1OCC(=O)Nc1cccc(S(=O)(=O)N2CCCC2)c1. The molecule has 1 aliphatic rings. The minimum Gasteiger partial charge on any atom is -0.483 e. The molecule has 1 amide bonds. The molecule has 0 bridgehead atoms. The fourth-order valence-corrected chi connectivity index (χ4v) is 4.99. The first-order valence-corrected chi connectivity index (χ1v) is 10.8. The predicted octanol–water partition coefficient (Wildman–Crippen LogP) is 2.92. The van der Waals surface area contributed by atoms with Crippen LogP contribution in [-0.4, -0.2) is 44.6 Å². The summed E-state index contributed by atoms with van der Waals surface area (Å²) in [6.45, 7) is 4.42. The Morgan fingerprint density at radius 1 is 1.14 bits per heavy atom. The number of hydrogen-bond acceptors (Lipinski definition) is 5. The van der Waals surface area contributed by atoms with E-state index in [1.54, 1.807) is 38.1 Å². The molecule has 0 radical (unpaired) electrons. The van der Waals surface area contributed by atoms with E-state index in [1.165, 1.54) is 16.4 Å². The number of aldehydes is 1. The average molecular weight is 416 g/mol. The highest BCUT2D eigenvalue weighted by Crippen LogP contribution is 2.25. The average Bonchev–Trinajstić information content (AvgIpc) is 3.23. The smallest absolute Gasteiger partial charge is 0.262 e. The van der Waals surface area contributed by atoms with E-state index in [0.717, 1.165) is 30.3 Å². The summed E-state index contributed by atoms with van der Waals surface area (Å²) in [4.78, 5) is 23.4. The molecule has 0 aromatic heterocycles. The maximum absolute atomic E-state index is 12.7. The Morgan fingerprint density at radius 2 is 1.79 bits per heavy atom. The van der Waals surface area contributed by atoms with Gasteiger partial charge in [-0.2, -0.15) is 4.31 Å². The number of carbonyl (C=O) groups is 2. The highest BCUT2D eigenvalue weighted by Gasteiger charge is 2.27. The minimum atomic E-state index is -3.55. The predicted molar refractivity (Wildman–Crippen MR) is 110 cm³/mol. The van der Waals surface area contributed by atoms with Crippen LogP contribution in [-0.2, 0) is 14.8 Å². The zero-order valence-corrected chi connectivity index (χ0v) is 17.3. The maximum atomic E-state index is 12.7. The van der Waals surface area contributed by atoms with Gasteiger partial charge in [-0.25, -0.2) is 8.42 Å². The van der Waals surface area contributed by atoms with E-state index < -0.39 is 15.9 Å². The lowest BCUT2D eigenvalue weighted by Gasteiger charge is -2.16. The zero-order valence-electron chi connectivity index (χ0n) is 16.5. The first-order valence-electron chi connectivity index (χ1n) is 9.40. The second-order valence-electron chi connectivity index (χ2n) is 7.08.